The van der Waals surface area contributed by atoms with E-state index in [2.05, 4.69) is 20.4 Å². The predicted molar refractivity (Wildman–Crippen MR) is 102 cm³/mol. The molecular formula is C19H23N5O3. The van der Waals surface area contributed by atoms with Gasteiger partial charge >= 0.3 is 6.09 Å². The van der Waals surface area contributed by atoms with Gasteiger partial charge in [0.2, 0.25) is 0 Å². The molecule has 1 aliphatic heterocycles. The van der Waals surface area contributed by atoms with E-state index in [4.69, 9.17) is 4.74 Å². The standard InChI is InChI=1S/C19H23N5O3/c1-3-27-19(26)24-12-10-23(11-13-24)17-9-8-16(21-22-17)20-18(25)15-7-5-4-6-14(15)2/h4-9H,3,10-13H2,1-2H3,(H,20,21,25). The zero-order valence-corrected chi connectivity index (χ0v) is 15.5. The highest BCUT2D eigenvalue weighted by atomic mass is 16.6. The molecule has 0 bridgehead atoms. The third kappa shape index (κ3) is 4.52. The lowest BCUT2D eigenvalue weighted by Crippen LogP contribution is -2.49. The number of aromatic nitrogens is 2. The summed E-state index contributed by atoms with van der Waals surface area (Å²) >= 11 is 0. The van der Waals surface area contributed by atoms with Crippen molar-refractivity contribution in [2.75, 3.05) is 43.0 Å². The molecule has 1 fully saturated rings. The molecule has 27 heavy (non-hydrogen) atoms. The van der Waals surface area contributed by atoms with E-state index in [1.807, 2.05) is 31.2 Å². The molecule has 0 aliphatic carbocycles. The number of piperazine rings is 1. The van der Waals surface area contributed by atoms with E-state index in [1.165, 1.54) is 0 Å². The number of hydrogen-bond acceptors (Lipinski definition) is 6. The number of aryl methyl sites for hydroxylation is 1. The second kappa shape index (κ2) is 8.48. The highest BCUT2D eigenvalue weighted by Crippen LogP contribution is 2.16. The zero-order valence-electron chi connectivity index (χ0n) is 15.5. The summed E-state index contributed by atoms with van der Waals surface area (Å²) in [5, 5.41) is 11.1. The lowest BCUT2D eigenvalue weighted by Gasteiger charge is -2.34. The molecule has 0 unspecified atom stereocenters. The third-order valence-corrected chi connectivity index (χ3v) is 4.41. The minimum absolute atomic E-state index is 0.210. The van der Waals surface area contributed by atoms with Crippen LogP contribution in [0.3, 0.4) is 0 Å². The largest absolute Gasteiger partial charge is 0.450 e. The molecule has 2 heterocycles. The fraction of sp³-hybridized carbons (Fsp3) is 0.368. The van der Waals surface area contributed by atoms with Crippen molar-refractivity contribution >= 4 is 23.6 Å². The average Bonchev–Trinajstić information content (AvgIpc) is 2.69. The first-order valence-electron chi connectivity index (χ1n) is 8.96. The monoisotopic (exact) mass is 369 g/mol. The Kier molecular flexibility index (Phi) is 5.85. The number of rotatable bonds is 4. The maximum Gasteiger partial charge on any atom is 0.409 e. The average molecular weight is 369 g/mol. The second-order valence-corrected chi connectivity index (χ2v) is 6.22. The van der Waals surface area contributed by atoms with Crippen LogP contribution in [0.4, 0.5) is 16.4 Å². The van der Waals surface area contributed by atoms with Crippen LogP contribution in [0.2, 0.25) is 0 Å². The molecule has 8 heteroatoms. The van der Waals surface area contributed by atoms with Crippen LogP contribution in [0.15, 0.2) is 36.4 Å². The van der Waals surface area contributed by atoms with Crippen LogP contribution in [0.5, 0.6) is 0 Å². The molecule has 1 N–H and O–H groups in total. The van der Waals surface area contributed by atoms with Gasteiger partial charge in [0.15, 0.2) is 11.6 Å². The SMILES string of the molecule is CCOC(=O)N1CCN(c2ccc(NC(=O)c3ccccc3C)nn2)CC1. The highest BCUT2D eigenvalue weighted by molar-refractivity contribution is 6.04. The molecule has 1 saturated heterocycles. The predicted octanol–water partition coefficient (Wildman–Crippen LogP) is 2.32. The lowest BCUT2D eigenvalue weighted by molar-refractivity contribution is 0.102. The number of benzene rings is 1. The molecule has 1 aromatic heterocycles. The van der Waals surface area contributed by atoms with Crippen molar-refractivity contribution in [3.8, 4) is 0 Å². The molecule has 1 aromatic carbocycles. The summed E-state index contributed by atoms with van der Waals surface area (Å²) in [5.74, 6) is 0.905. The van der Waals surface area contributed by atoms with E-state index in [0.717, 1.165) is 5.56 Å². The Morgan fingerprint density at radius 3 is 2.44 bits per heavy atom. The van der Waals surface area contributed by atoms with Crippen LogP contribution in [-0.2, 0) is 4.74 Å². The molecule has 3 rings (SSSR count). The highest BCUT2D eigenvalue weighted by Gasteiger charge is 2.22. The van der Waals surface area contributed by atoms with Crippen molar-refractivity contribution in [2.24, 2.45) is 0 Å². The van der Waals surface area contributed by atoms with Gasteiger partial charge in [0.25, 0.3) is 5.91 Å². The van der Waals surface area contributed by atoms with Crippen LogP contribution in [0.1, 0.15) is 22.8 Å². The number of anilines is 2. The minimum Gasteiger partial charge on any atom is -0.450 e. The quantitative estimate of drug-likeness (QED) is 0.890. The summed E-state index contributed by atoms with van der Waals surface area (Å²) < 4.78 is 5.02. The van der Waals surface area contributed by atoms with Crippen molar-refractivity contribution in [1.82, 2.24) is 15.1 Å². The van der Waals surface area contributed by atoms with E-state index in [9.17, 15) is 9.59 Å². The Morgan fingerprint density at radius 1 is 1.07 bits per heavy atom. The molecule has 0 radical (unpaired) electrons. The summed E-state index contributed by atoms with van der Waals surface area (Å²) in [7, 11) is 0. The van der Waals surface area contributed by atoms with E-state index in [0.29, 0.717) is 50.0 Å². The maximum absolute atomic E-state index is 12.3. The number of nitrogens with one attached hydrogen (secondary N) is 1. The Bertz CT molecular complexity index is 801. The van der Waals surface area contributed by atoms with Crippen LogP contribution in [-0.4, -0.2) is 59.9 Å². The summed E-state index contributed by atoms with van der Waals surface area (Å²) in [4.78, 5) is 27.8. The van der Waals surface area contributed by atoms with Gasteiger partial charge in [0, 0.05) is 31.7 Å². The van der Waals surface area contributed by atoms with E-state index in [-0.39, 0.29) is 12.0 Å². The fourth-order valence-corrected chi connectivity index (χ4v) is 2.90. The molecule has 142 valence electrons. The summed E-state index contributed by atoms with van der Waals surface area (Å²) in [5.41, 5.74) is 1.51. The van der Waals surface area contributed by atoms with E-state index in [1.54, 1.807) is 24.0 Å². The van der Waals surface area contributed by atoms with E-state index < -0.39 is 0 Å². The van der Waals surface area contributed by atoms with Crippen LogP contribution in [0, 0.1) is 6.92 Å². The number of ether oxygens (including phenoxy) is 1. The van der Waals surface area contributed by atoms with Crippen LogP contribution in [0.25, 0.3) is 0 Å². The van der Waals surface area contributed by atoms with Gasteiger partial charge in [-0.3, -0.25) is 4.79 Å². The Labute approximate surface area is 158 Å². The minimum atomic E-state index is -0.280. The number of nitrogens with zero attached hydrogens (tertiary/aromatic N) is 4. The Hall–Kier alpha value is -3.16. The number of amides is 2. The summed E-state index contributed by atoms with van der Waals surface area (Å²) in [6.45, 7) is 6.52. The van der Waals surface area contributed by atoms with Crippen LogP contribution < -0.4 is 10.2 Å². The molecule has 1 aliphatic rings. The normalized spacial score (nSPS) is 14.0. The van der Waals surface area contributed by atoms with E-state index >= 15 is 0 Å². The van der Waals surface area contributed by atoms with Gasteiger partial charge in [-0.1, -0.05) is 18.2 Å². The first kappa shape index (κ1) is 18.6. The van der Waals surface area contributed by atoms with Gasteiger partial charge in [0.1, 0.15) is 0 Å². The Morgan fingerprint density at radius 2 is 1.81 bits per heavy atom. The number of carbonyl (C=O) groups is 2. The van der Waals surface area contributed by atoms with Gasteiger partial charge in [-0.25, -0.2) is 4.79 Å². The molecule has 0 spiro atoms. The molecule has 8 nitrogen and oxygen atoms in total. The number of carbonyl (C=O) groups excluding carboxylic acids is 2. The maximum atomic E-state index is 12.3. The molecule has 0 atom stereocenters. The first-order valence-corrected chi connectivity index (χ1v) is 8.96. The Balaban J connectivity index is 1.57. The molecular weight excluding hydrogens is 346 g/mol. The summed E-state index contributed by atoms with van der Waals surface area (Å²) in [6, 6.07) is 10.9. The number of hydrogen-bond donors (Lipinski definition) is 1. The van der Waals surface area contributed by atoms with Crippen molar-refractivity contribution in [3.63, 3.8) is 0 Å². The second-order valence-electron chi connectivity index (χ2n) is 6.22. The van der Waals surface area contributed by atoms with Crippen molar-refractivity contribution in [3.05, 3.63) is 47.5 Å². The van der Waals surface area contributed by atoms with Gasteiger partial charge in [0.05, 0.1) is 6.61 Å². The molecule has 0 saturated carbocycles. The topological polar surface area (TPSA) is 87.7 Å². The fourth-order valence-electron chi connectivity index (χ4n) is 2.90. The summed E-state index contributed by atoms with van der Waals surface area (Å²) in [6.07, 6.45) is -0.280. The van der Waals surface area contributed by atoms with Crippen molar-refractivity contribution < 1.29 is 14.3 Å². The third-order valence-electron chi connectivity index (χ3n) is 4.41. The van der Waals surface area contributed by atoms with Crippen molar-refractivity contribution in [1.29, 1.82) is 0 Å². The smallest absolute Gasteiger partial charge is 0.409 e. The lowest BCUT2D eigenvalue weighted by atomic mass is 10.1. The van der Waals surface area contributed by atoms with Gasteiger partial charge in [-0.2, -0.15) is 0 Å². The molecule has 2 amide bonds. The van der Waals surface area contributed by atoms with Gasteiger partial charge < -0.3 is 19.9 Å². The molecule has 2 aromatic rings. The van der Waals surface area contributed by atoms with Crippen molar-refractivity contribution in [2.45, 2.75) is 13.8 Å². The van der Waals surface area contributed by atoms with Crippen LogP contribution >= 0.6 is 0 Å². The zero-order chi connectivity index (χ0) is 19.2. The van der Waals surface area contributed by atoms with Gasteiger partial charge in [-0.15, -0.1) is 10.2 Å². The van der Waals surface area contributed by atoms with Gasteiger partial charge in [-0.05, 0) is 37.6 Å². The first-order chi connectivity index (χ1) is 13.1.